The second-order valence-electron chi connectivity index (χ2n) is 7.00. The number of halogens is 2. The van der Waals surface area contributed by atoms with E-state index in [9.17, 15) is 13.2 Å². The van der Waals surface area contributed by atoms with E-state index >= 15 is 0 Å². The number of amides is 1. The van der Waals surface area contributed by atoms with Crippen LogP contribution in [0.2, 0.25) is 10.0 Å². The van der Waals surface area contributed by atoms with Crippen LogP contribution < -0.4 is 14.5 Å². The average molecular weight is 456 g/mol. The van der Waals surface area contributed by atoms with E-state index in [4.69, 9.17) is 23.2 Å². The molecule has 2 aromatic rings. The van der Waals surface area contributed by atoms with E-state index < -0.39 is 15.9 Å². The fraction of sp³-hybridized carbons (Fsp3) is 0.350. The van der Waals surface area contributed by atoms with E-state index in [1.165, 1.54) is 36.7 Å². The van der Waals surface area contributed by atoms with Crippen LogP contribution in [0.5, 0.6) is 0 Å². The minimum atomic E-state index is -3.71. The maximum absolute atomic E-state index is 12.4. The van der Waals surface area contributed by atoms with Gasteiger partial charge in [-0.05, 0) is 48.7 Å². The number of carbonyl (C=O) groups is 1. The lowest BCUT2D eigenvalue weighted by Crippen LogP contribution is -2.40. The summed E-state index contributed by atoms with van der Waals surface area (Å²) in [7, 11) is -3.71. The first-order valence-electron chi connectivity index (χ1n) is 9.27. The van der Waals surface area contributed by atoms with Crippen molar-refractivity contribution in [2.24, 2.45) is 0 Å². The number of rotatable bonds is 7. The number of hydrogen-bond donors (Lipinski definition) is 1. The summed E-state index contributed by atoms with van der Waals surface area (Å²) in [6.07, 6.45) is 3.46. The van der Waals surface area contributed by atoms with Gasteiger partial charge in [-0.2, -0.15) is 0 Å². The van der Waals surface area contributed by atoms with Gasteiger partial charge in [0.1, 0.15) is 6.54 Å². The number of anilines is 2. The van der Waals surface area contributed by atoms with Crippen LogP contribution in [0.15, 0.2) is 42.5 Å². The van der Waals surface area contributed by atoms with E-state index in [0.717, 1.165) is 29.2 Å². The number of benzene rings is 2. The summed E-state index contributed by atoms with van der Waals surface area (Å²) in [5.41, 5.74) is 2.33. The molecule has 1 N–H and O–H groups in total. The molecule has 0 unspecified atom stereocenters. The zero-order valence-corrected chi connectivity index (χ0v) is 18.4. The maximum atomic E-state index is 12.4. The molecule has 0 aromatic heterocycles. The molecule has 0 bridgehead atoms. The Bertz CT molecular complexity index is 975. The van der Waals surface area contributed by atoms with Crippen LogP contribution in [0.4, 0.5) is 11.4 Å². The van der Waals surface area contributed by atoms with Crippen LogP contribution >= 0.6 is 23.2 Å². The molecule has 1 aliphatic rings. The Morgan fingerprint density at radius 1 is 1.10 bits per heavy atom. The Balaban J connectivity index is 1.63. The minimum Gasteiger partial charge on any atom is -0.372 e. The highest BCUT2D eigenvalue weighted by molar-refractivity contribution is 7.92. The third kappa shape index (κ3) is 5.78. The molecule has 0 atom stereocenters. The van der Waals surface area contributed by atoms with Gasteiger partial charge in [-0.15, -0.1) is 0 Å². The van der Waals surface area contributed by atoms with Gasteiger partial charge in [-0.3, -0.25) is 9.10 Å². The second kappa shape index (κ2) is 9.24. The van der Waals surface area contributed by atoms with Crippen LogP contribution in [0, 0.1) is 0 Å². The average Bonchev–Trinajstić information content (AvgIpc) is 3.19. The number of carbonyl (C=O) groups excluding carboxylic acids is 1. The quantitative estimate of drug-likeness (QED) is 0.690. The van der Waals surface area contributed by atoms with Gasteiger partial charge < -0.3 is 10.2 Å². The highest BCUT2D eigenvalue weighted by atomic mass is 35.5. The van der Waals surface area contributed by atoms with Crippen molar-refractivity contribution < 1.29 is 13.2 Å². The van der Waals surface area contributed by atoms with Crippen molar-refractivity contribution >= 4 is 50.5 Å². The fourth-order valence-corrected chi connectivity index (χ4v) is 4.68. The van der Waals surface area contributed by atoms with E-state index in [-0.39, 0.29) is 17.3 Å². The summed E-state index contributed by atoms with van der Waals surface area (Å²) in [4.78, 5) is 14.7. The summed E-state index contributed by atoms with van der Waals surface area (Å²) in [6.45, 7) is 2.09. The van der Waals surface area contributed by atoms with Gasteiger partial charge in [0.05, 0.1) is 17.0 Å². The van der Waals surface area contributed by atoms with Gasteiger partial charge >= 0.3 is 0 Å². The Kier molecular flexibility index (Phi) is 6.93. The van der Waals surface area contributed by atoms with Gasteiger partial charge in [0, 0.05) is 30.3 Å². The van der Waals surface area contributed by atoms with Crippen LogP contribution in [0.25, 0.3) is 0 Å². The molecule has 0 radical (unpaired) electrons. The Morgan fingerprint density at radius 3 is 2.34 bits per heavy atom. The predicted octanol–water partition coefficient (Wildman–Crippen LogP) is 3.68. The van der Waals surface area contributed by atoms with Crippen molar-refractivity contribution in [3.8, 4) is 0 Å². The van der Waals surface area contributed by atoms with E-state index in [0.29, 0.717) is 11.6 Å². The molecule has 156 valence electrons. The molecule has 1 amide bonds. The lowest BCUT2D eigenvalue weighted by Gasteiger charge is -2.23. The standard InChI is InChI=1S/C20H23Cl2N3O3S/c1-29(27,28)25(19-9-6-16(21)12-18(19)22)14-20(26)23-13-15-4-7-17(8-5-15)24-10-2-3-11-24/h4-9,12H,2-3,10-11,13-14H2,1H3,(H,23,26). The molecular formula is C20H23Cl2N3O3S. The van der Waals surface area contributed by atoms with Crippen molar-refractivity contribution in [1.29, 1.82) is 0 Å². The Labute approximate surface area is 181 Å². The normalized spacial score (nSPS) is 14.1. The van der Waals surface area contributed by atoms with Gasteiger partial charge in [-0.1, -0.05) is 35.3 Å². The summed E-state index contributed by atoms with van der Waals surface area (Å²) >= 11 is 12.0. The lowest BCUT2D eigenvalue weighted by atomic mass is 10.2. The molecule has 6 nitrogen and oxygen atoms in total. The number of hydrogen-bond acceptors (Lipinski definition) is 4. The highest BCUT2D eigenvalue weighted by Gasteiger charge is 2.23. The topological polar surface area (TPSA) is 69.7 Å². The molecule has 1 saturated heterocycles. The molecule has 3 rings (SSSR count). The zero-order valence-electron chi connectivity index (χ0n) is 16.1. The zero-order chi connectivity index (χ0) is 21.0. The van der Waals surface area contributed by atoms with Gasteiger partial charge in [0.2, 0.25) is 15.9 Å². The summed E-state index contributed by atoms with van der Waals surface area (Å²) in [6, 6.07) is 12.5. The molecular weight excluding hydrogens is 433 g/mol. The molecule has 1 aliphatic heterocycles. The number of nitrogens with zero attached hydrogens (tertiary/aromatic N) is 2. The van der Waals surface area contributed by atoms with Crippen molar-refractivity contribution in [3.63, 3.8) is 0 Å². The first kappa shape index (κ1) is 21.7. The van der Waals surface area contributed by atoms with Gasteiger partial charge in [0.25, 0.3) is 0 Å². The van der Waals surface area contributed by atoms with Crippen LogP contribution in [0.1, 0.15) is 18.4 Å². The van der Waals surface area contributed by atoms with Gasteiger partial charge in [-0.25, -0.2) is 8.42 Å². The molecule has 1 heterocycles. The second-order valence-corrected chi connectivity index (χ2v) is 9.75. The Hall–Kier alpha value is -1.96. The lowest BCUT2D eigenvalue weighted by molar-refractivity contribution is -0.119. The smallest absolute Gasteiger partial charge is 0.241 e. The molecule has 2 aromatic carbocycles. The largest absolute Gasteiger partial charge is 0.372 e. The molecule has 1 fully saturated rings. The summed E-state index contributed by atoms with van der Waals surface area (Å²) in [5, 5.41) is 3.31. The Morgan fingerprint density at radius 2 is 1.76 bits per heavy atom. The fourth-order valence-electron chi connectivity index (χ4n) is 3.25. The van der Waals surface area contributed by atoms with Gasteiger partial charge in [0.15, 0.2) is 0 Å². The van der Waals surface area contributed by atoms with E-state index in [1.807, 2.05) is 24.3 Å². The van der Waals surface area contributed by atoms with Crippen LogP contribution in [-0.4, -0.2) is 40.2 Å². The first-order valence-corrected chi connectivity index (χ1v) is 11.9. The maximum Gasteiger partial charge on any atom is 0.241 e. The molecule has 0 spiro atoms. The predicted molar refractivity (Wildman–Crippen MR) is 118 cm³/mol. The first-order chi connectivity index (χ1) is 13.7. The van der Waals surface area contributed by atoms with Crippen molar-refractivity contribution in [2.75, 3.05) is 35.1 Å². The molecule has 0 aliphatic carbocycles. The SMILES string of the molecule is CS(=O)(=O)N(CC(=O)NCc1ccc(N2CCCC2)cc1)c1ccc(Cl)cc1Cl. The third-order valence-corrected chi connectivity index (χ3v) is 6.43. The molecule has 29 heavy (non-hydrogen) atoms. The van der Waals surface area contributed by atoms with E-state index in [1.54, 1.807) is 0 Å². The minimum absolute atomic E-state index is 0.160. The van der Waals surface area contributed by atoms with Crippen molar-refractivity contribution in [1.82, 2.24) is 5.32 Å². The summed E-state index contributed by atoms with van der Waals surface area (Å²) < 4.78 is 25.4. The summed E-state index contributed by atoms with van der Waals surface area (Å²) in [5.74, 6) is -0.426. The number of nitrogens with one attached hydrogen (secondary N) is 1. The van der Waals surface area contributed by atoms with Crippen LogP contribution in [0.3, 0.4) is 0 Å². The highest BCUT2D eigenvalue weighted by Crippen LogP contribution is 2.30. The molecule has 0 saturated carbocycles. The number of sulfonamides is 1. The monoisotopic (exact) mass is 455 g/mol. The van der Waals surface area contributed by atoms with Crippen molar-refractivity contribution in [3.05, 3.63) is 58.1 Å². The molecule has 9 heteroatoms. The van der Waals surface area contributed by atoms with Crippen LogP contribution in [-0.2, 0) is 21.4 Å². The third-order valence-electron chi connectivity index (χ3n) is 4.76. The van der Waals surface area contributed by atoms with Crippen molar-refractivity contribution in [2.45, 2.75) is 19.4 Å². The van der Waals surface area contributed by atoms with E-state index in [2.05, 4.69) is 10.2 Å².